The summed E-state index contributed by atoms with van der Waals surface area (Å²) in [6, 6.07) is 4.87. The molecule has 0 radical (unpaired) electrons. The molecule has 1 fully saturated rings. The number of rotatable bonds is 8. The minimum absolute atomic E-state index is 0.0892. The second-order valence-electron chi connectivity index (χ2n) is 5.68. The van der Waals surface area contributed by atoms with Gasteiger partial charge in [-0.15, -0.1) is 0 Å². The molecule has 7 heteroatoms. The minimum Gasteiger partial charge on any atom is -0.497 e. The highest BCUT2D eigenvalue weighted by Gasteiger charge is 2.33. The fraction of sp³-hybridized carbons (Fsp3) is 0.529. The van der Waals surface area contributed by atoms with E-state index in [2.05, 4.69) is 10.6 Å². The van der Waals surface area contributed by atoms with Crippen LogP contribution in [0.5, 0.6) is 11.5 Å². The van der Waals surface area contributed by atoms with E-state index >= 15 is 0 Å². The molecule has 1 unspecified atom stereocenters. The summed E-state index contributed by atoms with van der Waals surface area (Å²) in [6.45, 7) is 1.33. The van der Waals surface area contributed by atoms with Crippen LogP contribution >= 0.6 is 0 Å². The van der Waals surface area contributed by atoms with Crippen LogP contribution in [0.15, 0.2) is 18.2 Å². The molecular formula is C17H25N3O4. The number of nitrogens with zero attached hydrogens (tertiary/aromatic N) is 1. The summed E-state index contributed by atoms with van der Waals surface area (Å²) in [5.41, 5.74) is 0.711. The second kappa shape index (κ2) is 8.54. The van der Waals surface area contributed by atoms with Crippen molar-refractivity contribution in [3.63, 3.8) is 0 Å². The van der Waals surface area contributed by atoms with E-state index in [0.29, 0.717) is 36.6 Å². The molecule has 1 saturated heterocycles. The predicted molar refractivity (Wildman–Crippen MR) is 91.6 cm³/mol. The van der Waals surface area contributed by atoms with Gasteiger partial charge in [-0.05, 0) is 26.4 Å². The number of ether oxygens (including phenoxy) is 2. The SMILES string of the molecule is CNCCCC(=O)NC1CCN(c2cc(OC)cc(OC)c2)C1=O. The number of anilines is 1. The molecule has 0 saturated carbocycles. The maximum atomic E-state index is 12.6. The monoisotopic (exact) mass is 335 g/mol. The van der Waals surface area contributed by atoms with Gasteiger partial charge in [-0.25, -0.2) is 0 Å². The van der Waals surface area contributed by atoms with E-state index in [-0.39, 0.29) is 11.8 Å². The van der Waals surface area contributed by atoms with Gasteiger partial charge in [0.15, 0.2) is 0 Å². The largest absolute Gasteiger partial charge is 0.497 e. The molecular weight excluding hydrogens is 310 g/mol. The van der Waals surface area contributed by atoms with Gasteiger partial charge in [0.2, 0.25) is 11.8 Å². The van der Waals surface area contributed by atoms with Gasteiger partial charge in [0.05, 0.1) is 19.9 Å². The van der Waals surface area contributed by atoms with Crippen LogP contribution in [0.2, 0.25) is 0 Å². The first kappa shape index (κ1) is 18.1. The van der Waals surface area contributed by atoms with Crippen LogP contribution in [0.4, 0.5) is 5.69 Å². The quantitative estimate of drug-likeness (QED) is 0.691. The Morgan fingerprint density at radius 2 is 1.92 bits per heavy atom. The lowest BCUT2D eigenvalue weighted by Gasteiger charge is -2.19. The fourth-order valence-corrected chi connectivity index (χ4v) is 2.71. The summed E-state index contributed by atoms with van der Waals surface area (Å²) < 4.78 is 10.5. The van der Waals surface area contributed by atoms with Crippen molar-refractivity contribution in [2.75, 3.05) is 39.3 Å². The van der Waals surface area contributed by atoms with Gasteiger partial charge in [0, 0.05) is 31.2 Å². The predicted octanol–water partition coefficient (Wildman–Crippen LogP) is 0.925. The average Bonchev–Trinajstić information content (AvgIpc) is 2.95. The highest BCUT2D eigenvalue weighted by atomic mass is 16.5. The van der Waals surface area contributed by atoms with Crippen molar-refractivity contribution in [3.8, 4) is 11.5 Å². The van der Waals surface area contributed by atoms with Crippen molar-refractivity contribution in [1.29, 1.82) is 0 Å². The lowest BCUT2D eigenvalue weighted by Crippen LogP contribution is -2.41. The highest BCUT2D eigenvalue weighted by molar-refractivity contribution is 6.01. The van der Waals surface area contributed by atoms with Gasteiger partial charge in [-0.1, -0.05) is 0 Å². The molecule has 1 aliphatic heterocycles. The van der Waals surface area contributed by atoms with Crippen LogP contribution in [-0.2, 0) is 9.59 Å². The Hall–Kier alpha value is -2.28. The first-order valence-electron chi connectivity index (χ1n) is 8.07. The zero-order valence-electron chi connectivity index (χ0n) is 14.4. The standard InChI is InChI=1S/C17H25N3O4/c1-18-7-4-5-16(21)19-15-6-8-20(17(15)22)12-9-13(23-2)11-14(10-12)24-3/h9-11,15,18H,4-8H2,1-3H3,(H,19,21). The minimum atomic E-state index is -0.468. The number of nitrogens with one attached hydrogen (secondary N) is 2. The van der Waals surface area contributed by atoms with Gasteiger partial charge in [-0.2, -0.15) is 0 Å². The van der Waals surface area contributed by atoms with Crippen LogP contribution in [0.3, 0.4) is 0 Å². The van der Waals surface area contributed by atoms with E-state index in [0.717, 1.165) is 13.0 Å². The number of hydrogen-bond acceptors (Lipinski definition) is 5. The van der Waals surface area contributed by atoms with Crippen molar-refractivity contribution in [1.82, 2.24) is 10.6 Å². The summed E-state index contributed by atoms with van der Waals surface area (Å²) in [5, 5.41) is 5.82. The summed E-state index contributed by atoms with van der Waals surface area (Å²) >= 11 is 0. The molecule has 1 atom stereocenters. The molecule has 2 rings (SSSR count). The van der Waals surface area contributed by atoms with Crippen LogP contribution in [0, 0.1) is 0 Å². The van der Waals surface area contributed by atoms with Crippen LogP contribution in [0.1, 0.15) is 19.3 Å². The first-order chi connectivity index (χ1) is 11.6. The summed E-state index contributed by atoms with van der Waals surface area (Å²) in [5.74, 6) is 1.05. The van der Waals surface area contributed by atoms with E-state index in [1.807, 2.05) is 7.05 Å². The maximum Gasteiger partial charge on any atom is 0.249 e. The molecule has 132 valence electrons. The number of benzene rings is 1. The number of hydrogen-bond donors (Lipinski definition) is 2. The number of methoxy groups -OCH3 is 2. The van der Waals surface area contributed by atoms with Crippen LogP contribution in [0.25, 0.3) is 0 Å². The van der Waals surface area contributed by atoms with E-state index in [9.17, 15) is 9.59 Å². The Labute approximate surface area is 142 Å². The molecule has 1 aromatic rings. The van der Waals surface area contributed by atoms with Crippen molar-refractivity contribution in [3.05, 3.63) is 18.2 Å². The second-order valence-corrected chi connectivity index (χ2v) is 5.68. The molecule has 1 aliphatic rings. The molecule has 1 heterocycles. The summed E-state index contributed by atoms with van der Waals surface area (Å²) in [4.78, 5) is 26.2. The lowest BCUT2D eigenvalue weighted by molar-refractivity contribution is -0.126. The Kier molecular flexibility index (Phi) is 6.43. The molecule has 2 N–H and O–H groups in total. The zero-order chi connectivity index (χ0) is 17.5. The van der Waals surface area contributed by atoms with Crippen molar-refractivity contribution in [2.24, 2.45) is 0 Å². The van der Waals surface area contributed by atoms with Crippen molar-refractivity contribution < 1.29 is 19.1 Å². The fourth-order valence-electron chi connectivity index (χ4n) is 2.71. The Morgan fingerprint density at radius 3 is 2.50 bits per heavy atom. The Morgan fingerprint density at radius 1 is 1.25 bits per heavy atom. The first-order valence-corrected chi connectivity index (χ1v) is 8.07. The average molecular weight is 335 g/mol. The Bertz CT molecular complexity index is 569. The molecule has 2 amide bonds. The van der Waals surface area contributed by atoms with E-state index in [1.165, 1.54) is 0 Å². The van der Waals surface area contributed by atoms with E-state index < -0.39 is 6.04 Å². The number of carbonyl (C=O) groups excluding carboxylic acids is 2. The molecule has 0 aromatic heterocycles. The zero-order valence-corrected chi connectivity index (χ0v) is 14.4. The topological polar surface area (TPSA) is 79.9 Å². The van der Waals surface area contributed by atoms with Gasteiger partial charge in [-0.3, -0.25) is 9.59 Å². The van der Waals surface area contributed by atoms with Crippen LogP contribution in [-0.4, -0.2) is 52.2 Å². The third kappa shape index (κ3) is 4.38. The van der Waals surface area contributed by atoms with Gasteiger partial charge in [0.1, 0.15) is 17.5 Å². The summed E-state index contributed by atoms with van der Waals surface area (Å²) in [7, 11) is 4.98. The summed E-state index contributed by atoms with van der Waals surface area (Å²) in [6.07, 6.45) is 1.76. The molecule has 24 heavy (non-hydrogen) atoms. The molecule has 1 aromatic carbocycles. The normalized spacial score (nSPS) is 17.0. The van der Waals surface area contributed by atoms with E-state index in [4.69, 9.17) is 9.47 Å². The van der Waals surface area contributed by atoms with Gasteiger partial charge >= 0.3 is 0 Å². The smallest absolute Gasteiger partial charge is 0.249 e. The third-order valence-electron chi connectivity index (χ3n) is 4.02. The molecule has 0 aliphatic carbocycles. The third-order valence-corrected chi connectivity index (χ3v) is 4.02. The lowest BCUT2D eigenvalue weighted by atomic mass is 10.2. The van der Waals surface area contributed by atoms with Crippen molar-refractivity contribution in [2.45, 2.75) is 25.3 Å². The van der Waals surface area contributed by atoms with Gasteiger partial charge in [0.25, 0.3) is 0 Å². The molecule has 0 spiro atoms. The maximum absolute atomic E-state index is 12.6. The number of amides is 2. The Balaban J connectivity index is 2.02. The highest BCUT2D eigenvalue weighted by Crippen LogP contribution is 2.30. The van der Waals surface area contributed by atoms with Crippen molar-refractivity contribution >= 4 is 17.5 Å². The number of carbonyl (C=O) groups is 2. The molecule has 7 nitrogen and oxygen atoms in total. The molecule has 0 bridgehead atoms. The van der Waals surface area contributed by atoms with E-state index in [1.54, 1.807) is 37.3 Å². The van der Waals surface area contributed by atoms with Gasteiger partial charge < -0.3 is 25.0 Å². The van der Waals surface area contributed by atoms with Crippen LogP contribution < -0.4 is 25.0 Å².